The van der Waals surface area contributed by atoms with Gasteiger partial charge in [-0.05, 0) is 32.6 Å². The van der Waals surface area contributed by atoms with Crippen LogP contribution in [0.2, 0.25) is 0 Å². The third kappa shape index (κ3) is 15.5. The fraction of sp³-hybridized carbons (Fsp3) is 0.889. The van der Waals surface area contributed by atoms with Crippen molar-refractivity contribution in [1.82, 2.24) is 0 Å². The largest absolute Gasteiger partial charge is 0.376 e. The van der Waals surface area contributed by atoms with E-state index in [0.29, 0.717) is 18.1 Å². The van der Waals surface area contributed by atoms with E-state index in [1.165, 1.54) is 0 Å². The highest BCUT2D eigenvalue weighted by Gasteiger charge is 2.20. The lowest BCUT2D eigenvalue weighted by molar-refractivity contribution is -0.123. The van der Waals surface area contributed by atoms with Gasteiger partial charge in [-0.2, -0.15) is 0 Å². The fourth-order valence-electron chi connectivity index (χ4n) is 1.36. The normalized spacial score (nSPS) is 11.6. The number of nitrogens with two attached hydrogens (primary N) is 1. The Morgan fingerprint density at radius 1 is 1.00 bits per heavy atom. The molecule has 0 aromatic carbocycles. The van der Waals surface area contributed by atoms with Gasteiger partial charge in [0.25, 0.3) is 0 Å². The summed E-state index contributed by atoms with van der Waals surface area (Å²) in [6.07, 6.45) is 2.54. The Kier molecular flexibility index (Phi) is 12.4. The summed E-state index contributed by atoms with van der Waals surface area (Å²) in [6, 6.07) is 0. The number of Topliss-reactive ketones (excluding diaryl/α,β-unsaturated/α-hetero) is 1. The highest BCUT2D eigenvalue weighted by Crippen LogP contribution is 2.19. The van der Waals surface area contributed by atoms with Crippen LogP contribution < -0.4 is 5.73 Å². The third-order valence-electron chi connectivity index (χ3n) is 3.37. The number of hydrogen-bond acceptors (Lipinski definition) is 3. The van der Waals surface area contributed by atoms with Crippen molar-refractivity contribution in [3.8, 4) is 0 Å². The zero-order valence-electron chi connectivity index (χ0n) is 15.9. The molecule has 132 valence electrons. The molecule has 0 aromatic heterocycles. The first-order valence-electron chi connectivity index (χ1n) is 8.35. The van der Waals surface area contributed by atoms with Gasteiger partial charge in [-0.3, -0.25) is 9.59 Å². The van der Waals surface area contributed by atoms with Crippen molar-refractivity contribution in [2.24, 2.45) is 23.5 Å². The molecule has 0 saturated carbocycles. The lowest BCUT2D eigenvalue weighted by Gasteiger charge is -2.26. The molecule has 22 heavy (non-hydrogen) atoms. The fourth-order valence-corrected chi connectivity index (χ4v) is 1.36. The predicted octanol–water partition coefficient (Wildman–Crippen LogP) is 3.96. The first kappa shape index (κ1) is 23.4. The Hall–Kier alpha value is -0.900. The number of primary amides is 1. The average Bonchev–Trinajstić information content (AvgIpc) is 2.35. The predicted molar refractivity (Wildman–Crippen MR) is 92.6 cm³/mol. The second-order valence-corrected chi connectivity index (χ2v) is 7.47. The second kappa shape index (κ2) is 11.6. The maximum atomic E-state index is 11.5. The van der Waals surface area contributed by atoms with Crippen molar-refractivity contribution in [3.63, 3.8) is 0 Å². The molecule has 0 aliphatic carbocycles. The Labute approximate surface area is 137 Å². The van der Waals surface area contributed by atoms with E-state index in [1.807, 2.05) is 13.8 Å². The topological polar surface area (TPSA) is 69.4 Å². The number of ketones is 1. The van der Waals surface area contributed by atoms with Gasteiger partial charge in [-0.25, -0.2) is 0 Å². The van der Waals surface area contributed by atoms with Gasteiger partial charge in [-0.1, -0.05) is 41.5 Å². The van der Waals surface area contributed by atoms with Crippen LogP contribution in [0, 0.1) is 17.8 Å². The quantitative estimate of drug-likeness (QED) is 0.700. The molecule has 0 aliphatic rings. The zero-order chi connectivity index (χ0) is 17.9. The number of amides is 1. The van der Waals surface area contributed by atoms with E-state index in [1.54, 1.807) is 13.8 Å². The van der Waals surface area contributed by atoms with Gasteiger partial charge < -0.3 is 10.5 Å². The lowest BCUT2D eigenvalue weighted by atomic mass is 9.96. The van der Waals surface area contributed by atoms with Crippen LogP contribution in [0.4, 0.5) is 0 Å². The molecule has 0 aromatic rings. The smallest absolute Gasteiger partial charge is 0.219 e. The first-order valence-corrected chi connectivity index (χ1v) is 8.35. The molecular formula is C18H37NO3. The van der Waals surface area contributed by atoms with Gasteiger partial charge in [0.2, 0.25) is 5.91 Å². The van der Waals surface area contributed by atoms with E-state index in [4.69, 9.17) is 10.5 Å². The SMILES string of the molecule is CC(C)C(N)=O.CC(C)CCOC(C)(C)CCC(=O)C(C)C. The van der Waals surface area contributed by atoms with Crippen molar-refractivity contribution in [3.05, 3.63) is 0 Å². The summed E-state index contributed by atoms with van der Waals surface area (Å²) in [5, 5.41) is 0. The summed E-state index contributed by atoms with van der Waals surface area (Å²) in [7, 11) is 0. The van der Waals surface area contributed by atoms with Crippen molar-refractivity contribution < 1.29 is 14.3 Å². The number of rotatable bonds is 9. The molecule has 2 N–H and O–H groups in total. The molecule has 0 fully saturated rings. The summed E-state index contributed by atoms with van der Waals surface area (Å²) < 4.78 is 5.82. The summed E-state index contributed by atoms with van der Waals surface area (Å²) in [5.41, 5.74) is 4.63. The molecule has 0 atom stereocenters. The van der Waals surface area contributed by atoms with Crippen molar-refractivity contribution >= 4 is 11.7 Å². The maximum absolute atomic E-state index is 11.5. The van der Waals surface area contributed by atoms with Crippen LogP contribution in [-0.4, -0.2) is 23.9 Å². The molecule has 0 aliphatic heterocycles. The zero-order valence-corrected chi connectivity index (χ0v) is 15.9. The van der Waals surface area contributed by atoms with Crippen LogP contribution >= 0.6 is 0 Å². The van der Waals surface area contributed by atoms with E-state index < -0.39 is 0 Å². The molecular weight excluding hydrogens is 278 g/mol. The van der Waals surface area contributed by atoms with Crippen molar-refractivity contribution in [1.29, 1.82) is 0 Å². The van der Waals surface area contributed by atoms with Crippen LogP contribution in [0.1, 0.15) is 74.7 Å². The number of carbonyl (C=O) groups excluding carboxylic acids is 2. The van der Waals surface area contributed by atoms with Gasteiger partial charge in [-0.15, -0.1) is 0 Å². The summed E-state index contributed by atoms with van der Waals surface area (Å²) in [5.74, 6) is 0.903. The minimum atomic E-state index is -0.241. The lowest BCUT2D eigenvalue weighted by Crippen LogP contribution is -2.27. The van der Waals surface area contributed by atoms with Crippen LogP contribution in [0.15, 0.2) is 0 Å². The molecule has 1 amide bonds. The Morgan fingerprint density at radius 2 is 1.45 bits per heavy atom. The maximum Gasteiger partial charge on any atom is 0.219 e. The summed E-state index contributed by atoms with van der Waals surface area (Å²) in [4.78, 5) is 21.4. The van der Waals surface area contributed by atoms with Crippen LogP contribution in [-0.2, 0) is 14.3 Å². The molecule has 0 rings (SSSR count). The van der Waals surface area contributed by atoms with Crippen LogP contribution in [0.5, 0.6) is 0 Å². The van der Waals surface area contributed by atoms with Crippen LogP contribution in [0.3, 0.4) is 0 Å². The van der Waals surface area contributed by atoms with Gasteiger partial charge in [0.15, 0.2) is 0 Å². The van der Waals surface area contributed by atoms with E-state index >= 15 is 0 Å². The van der Waals surface area contributed by atoms with Gasteiger partial charge in [0.1, 0.15) is 5.78 Å². The minimum Gasteiger partial charge on any atom is -0.376 e. The molecule has 0 saturated heterocycles. The Balaban J connectivity index is 0. The number of ether oxygens (including phenoxy) is 1. The first-order chi connectivity index (χ1) is 9.89. The van der Waals surface area contributed by atoms with Gasteiger partial charge in [0.05, 0.1) is 5.60 Å². The highest BCUT2D eigenvalue weighted by atomic mass is 16.5. The number of hydrogen-bond donors (Lipinski definition) is 1. The average molecular weight is 315 g/mol. The van der Waals surface area contributed by atoms with E-state index in [9.17, 15) is 9.59 Å². The second-order valence-electron chi connectivity index (χ2n) is 7.47. The van der Waals surface area contributed by atoms with Crippen molar-refractivity contribution in [2.75, 3.05) is 6.61 Å². The summed E-state index contributed by atoms with van der Waals surface area (Å²) in [6.45, 7) is 16.8. The standard InChI is InChI=1S/C14H28O2.C4H9NO/c1-11(2)8-10-16-14(5,6)9-7-13(15)12(3)4;1-3(2)4(5)6/h11-12H,7-10H2,1-6H3;3H,1-2H3,(H2,5,6). The van der Waals surface area contributed by atoms with Gasteiger partial charge >= 0.3 is 0 Å². The van der Waals surface area contributed by atoms with Crippen LogP contribution in [0.25, 0.3) is 0 Å². The van der Waals surface area contributed by atoms with E-state index in [-0.39, 0.29) is 23.3 Å². The van der Waals surface area contributed by atoms with E-state index in [2.05, 4.69) is 27.7 Å². The molecule has 0 spiro atoms. The summed E-state index contributed by atoms with van der Waals surface area (Å²) >= 11 is 0. The van der Waals surface area contributed by atoms with Crippen molar-refractivity contribution in [2.45, 2.75) is 80.3 Å². The number of carbonyl (C=O) groups is 2. The third-order valence-corrected chi connectivity index (χ3v) is 3.37. The van der Waals surface area contributed by atoms with E-state index in [0.717, 1.165) is 19.4 Å². The molecule has 0 radical (unpaired) electrons. The van der Waals surface area contributed by atoms with Gasteiger partial charge in [0, 0.05) is 24.9 Å². The highest BCUT2D eigenvalue weighted by molar-refractivity contribution is 5.80. The molecule has 0 bridgehead atoms. The molecule has 0 unspecified atom stereocenters. The Morgan fingerprint density at radius 3 is 1.77 bits per heavy atom. The molecule has 4 heteroatoms. The molecule has 0 heterocycles. The minimum absolute atomic E-state index is 0.00926. The Bertz CT molecular complexity index is 320. The molecule has 4 nitrogen and oxygen atoms in total. The monoisotopic (exact) mass is 315 g/mol.